The van der Waals surface area contributed by atoms with E-state index in [0.717, 1.165) is 4.90 Å². The Morgan fingerprint density at radius 3 is 2.62 bits per heavy atom. The van der Waals surface area contributed by atoms with Gasteiger partial charge in [-0.2, -0.15) is 4.99 Å². The van der Waals surface area contributed by atoms with Crippen molar-refractivity contribution >= 4 is 45.6 Å². The standard InChI is InChI=1S/C35H39FN6O10S/c1-2-23-16-35(23,38-21-43)31-33(46)40-53(48,49)29-10-4-3-9-27(29)37-11-14-50-12-6-13-51-20-30(44)42-18-24(15-28(42)32(45)39-31)52-34(47)41-17-22-7-5-8-26(36)25(22)19-41/h2-5,7-10,23-24,28,31,37H,1,6,11-20H2,(H,39,45)(H,40,46)/t23-,24-,28+,31?,35-/m1/s1. The highest BCUT2D eigenvalue weighted by molar-refractivity contribution is 7.90. The minimum atomic E-state index is -4.57. The minimum absolute atomic E-state index is 0.0261. The van der Waals surface area contributed by atoms with Gasteiger partial charge in [-0.05, 0) is 36.6 Å². The zero-order chi connectivity index (χ0) is 37.8. The number of halogens is 1. The Hall–Kier alpha value is -5.16. The molecule has 18 heteroatoms. The van der Waals surface area contributed by atoms with Crippen molar-refractivity contribution in [3.63, 3.8) is 0 Å². The molecule has 0 bridgehead atoms. The summed E-state index contributed by atoms with van der Waals surface area (Å²) < 4.78 is 60.6. The average Bonchev–Trinajstić information content (AvgIpc) is 3.42. The van der Waals surface area contributed by atoms with Crippen LogP contribution >= 0.6 is 0 Å². The van der Waals surface area contributed by atoms with Gasteiger partial charge < -0.3 is 29.7 Å². The van der Waals surface area contributed by atoms with Crippen LogP contribution in [0, 0.1) is 11.7 Å². The van der Waals surface area contributed by atoms with Crippen LogP contribution in [0.25, 0.3) is 0 Å². The highest BCUT2D eigenvalue weighted by Gasteiger charge is 2.62. The first-order valence-corrected chi connectivity index (χ1v) is 18.5. The molecule has 0 spiro atoms. The highest BCUT2D eigenvalue weighted by atomic mass is 32.2. The molecule has 2 aromatic rings. The molecule has 4 amide bonds. The number of benzene rings is 2. The number of ether oxygens (including phenoxy) is 3. The maximum Gasteiger partial charge on any atom is 0.410 e. The van der Waals surface area contributed by atoms with Crippen LogP contribution in [0.15, 0.2) is 65.0 Å². The van der Waals surface area contributed by atoms with Crippen LogP contribution in [-0.4, -0.2) is 111 Å². The second-order valence-electron chi connectivity index (χ2n) is 13.1. The van der Waals surface area contributed by atoms with Crippen LogP contribution in [0.4, 0.5) is 14.9 Å². The van der Waals surface area contributed by atoms with E-state index in [2.05, 4.69) is 22.2 Å². The third kappa shape index (κ3) is 8.10. The van der Waals surface area contributed by atoms with E-state index in [1.54, 1.807) is 18.2 Å². The van der Waals surface area contributed by atoms with Crippen LogP contribution in [0.3, 0.4) is 0 Å². The fraction of sp³-hybridized carbons (Fsp3) is 0.457. The fourth-order valence-corrected chi connectivity index (χ4v) is 8.12. The summed E-state index contributed by atoms with van der Waals surface area (Å²) in [4.78, 5) is 72.4. The van der Waals surface area contributed by atoms with Crippen LogP contribution < -0.4 is 15.4 Å². The topological polar surface area (TPSA) is 202 Å². The molecule has 4 aliphatic rings. The average molecular weight is 755 g/mol. The van der Waals surface area contributed by atoms with Gasteiger partial charge in [0, 0.05) is 44.2 Å². The van der Waals surface area contributed by atoms with Gasteiger partial charge >= 0.3 is 6.09 Å². The third-order valence-electron chi connectivity index (χ3n) is 9.73. The van der Waals surface area contributed by atoms with E-state index in [0.29, 0.717) is 17.5 Å². The number of sulfonamides is 1. The van der Waals surface area contributed by atoms with Gasteiger partial charge in [0.05, 0.1) is 25.4 Å². The zero-order valence-electron chi connectivity index (χ0n) is 28.6. The zero-order valence-corrected chi connectivity index (χ0v) is 29.4. The number of rotatable bonds is 4. The number of isocyanates is 1. The van der Waals surface area contributed by atoms with Crippen LogP contribution in [0.1, 0.15) is 30.4 Å². The molecule has 53 heavy (non-hydrogen) atoms. The van der Waals surface area contributed by atoms with Crippen LogP contribution in [-0.2, 0) is 56.5 Å². The summed E-state index contributed by atoms with van der Waals surface area (Å²) in [5.41, 5.74) is -0.435. The highest BCUT2D eigenvalue weighted by Crippen LogP contribution is 2.50. The van der Waals surface area contributed by atoms with E-state index in [-0.39, 0.29) is 69.4 Å². The predicted molar refractivity (Wildman–Crippen MR) is 184 cm³/mol. The molecule has 3 aliphatic heterocycles. The molecule has 3 N–H and O–H groups in total. The number of hydrogen-bond acceptors (Lipinski definition) is 12. The van der Waals surface area contributed by atoms with E-state index >= 15 is 0 Å². The fourth-order valence-electron chi connectivity index (χ4n) is 6.94. The Morgan fingerprint density at radius 1 is 1.08 bits per heavy atom. The molecule has 6 rings (SSSR count). The van der Waals surface area contributed by atoms with Gasteiger partial charge in [0.1, 0.15) is 41.0 Å². The first kappa shape index (κ1) is 37.6. The largest absolute Gasteiger partial charge is 0.444 e. The van der Waals surface area contributed by atoms with E-state index in [4.69, 9.17) is 14.2 Å². The van der Waals surface area contributed by atoms with Gasteiger partial charge in [-0.15, -0.1) is 6.58 Å². The number of anilines is 1. The van der Waals surface area contributed by atoms with E-state index in [1.165, 1.54) is 41.3 Å². The Bertz CT molecular complexity index is 1940. The van der Waals surface area contributed by atoms with Gasteiger partial charge in [-0.3, -0.25) is 19.3 Å². The number of para-hydroxylation sites is 1. The summed E-state index contributed by atoms with van der Waals surface area (Å²) in [6.45, 7) is 4.00. The lowest BCUT2D eigenvalue weighted by atomic mass is 10.0. The number of nitrogens with one attached hydrogen (secondary N) is 3. The SMILES string of the molecule is C=C[C@@H]1C[C@]1(N=C=O)C1NC(=O)[C@@H]2C[C@@H](OC(=O)N3Cc4cccc(F)c4C3)CN2C(=O)COCCCOCCNc2ccccc2S(=O)(=O)NC1=O. The summed E-state index contributed by atoms with van der Waals surface area (Å²) in [5.74, 6) is -3.78. The molecule has 5 atom stereocenters. The van der Waals surface area contributed by atoms with Crippen molar-refractivity contribution in [2.24, 2.45) is 10.9 Å². The number of nitrogens with zero attached hydrogens (tertiary/aromatic N) is 3. The van der Waals surface area contributed by atoms with Gasteiger partial charge in [0.25, 0.3) is 15.9 Å². The molecule has 3 heterocycles. The van der Waals surface area contributed by atoms with Crippen LogP contribution in [0.2, 0.25) is 0 Å². The molecule has 2 aromatic carbocycles. The molecule has 2 fully saturated rings. The number of fused-ring (bicyclic) bond motifs is 3. The molecule has 0 radical (unpaired) electrons. The Labute approximate surface area is 304 Å². The summed E-state index contributed by atoms with van der Waals surface area (Å²) in [7, 11) is -4.57. The van der Waals surface area contributed by atoms with Crippen molar-refractivity contribution in [3.05, 3.63) is 72.1 Å². The van der Waals surface area contributed by atoms with Crippen molar-refractivity contribution in [2.45, 2.75) is 61.0 Å². The first-order chi connectivity index (χ1) is 25.5. The molecule has 1 unspecified atom stereocenters. The lowest BCUT2D eigenvalue weighted by molar-refractivity contribution is -0.143. The second kappa shape index (κ2) is 15.8. The van der Waals surface area contributed by atoms with Gasteiger partial charge in [-0.1, -0.05) is 30.3 Å². The number of hydrogen-bond donors (Lipinski definition) is 3. The lowest BCUT2D eigenvalue weighted by Gasteiger charge is -2.28. The Balaban J connectivity index is 1.27. The first-order valence-electron chi connectivity index (χ1n) is 17.1. The van der Waals surface area contributed by atoms with Crippen molar-refractivity contribution in [1.29, 1.82) is 0 Å². The predicted octanol–water partition coefficient (Wildman–Crippen LogP) is 1.37. The van der Waals surface area contributed by atoms with Gasteiger partial charge in [0.2, 0.25) is 17.9 Å². The molecule has 1 aliphatic carbocycles. The number of amides is 4. The van der Waals surface area contributed by atoms with E-state index < -0.39 is 75.9 Å². The quantitative estimate of drug-likeness (QED) is 0.231. The summed E-state index contributed by atoms with van der Waals surface area (Å²) in [5, 5.41) is 5.53. The number of carbonyl (C=O) groups is 4. The second-order valence-corrected chi connectivity index (χ2v) is 14.8. The number of carbonyl (C=O) groups excluding carboxylic acids is 5. The minimum Gasteiger partial charge on any atom is -0.444 e. The van der Waals surface area contributed by atoms with E-state index in [1.807, 2.05) is 4.72 Å². The van der Waals surface area contributed by atoms with Gasteiger partial charge in [0.15, 0.2) is 0 Å². The monoisotopic (exact) mass is 754 g/mol. The summed E-state index contributed by atoms with van der Waals surface area (Å²) in [6, 6.07) is 7.38. The van der Waals surface area contributed by atoms with Gasteiger partial charge in [-0.25, -0.2) is 27.1 Å². The molecule has 1 saturated carbocycles. The maximum atomic E-state index is 14.4. The smallest absolute Gasteiger partial charge is 0.410 e. The molecular weight excluding hydrogens is 715 g/mol. The molecular formula is C35H39FN6O10S. The summed E-state index contributed by atoms with van der Waals surface area (Å²) >= 11 is 0. The Kier molecular flexibility index (Phi) is 11.2. The van der Waals surface area contributed by atoms with Crippen molar-refractivity contribution in [3.8, 4) is 0 Å². The number of aliphatic imine (C=N–C) groups is 1. The molecule has 16 nitrogen and oxygen atoms in total. The third-order valence-corrected chi connectivity index (χ3v) is 11.1. The van der Waals surface area contributed by atoms with Crippen molar-refractivity contribution < 1.29 is 51.0 Å². The summed E-state index contributed by atoms with van der Waals surface area (Å²) in [6.07, 6.45) is 1.36. The van der Waals surface area contributed by atoms with E-state index in [9.17, 15) is 36.8 Å². The molecule has 1 saturated heterocycles. The normalized spacial score (nSPS) is 27.8. The molecule has 0 aromatic heterocycles. The maximum absolute atomic E-state index is 14.4. The van der Waals surface area contributed by atoms with Crippen LogP contribution in [0.5, 0.6) is 0 Å². The Morgan fingerprint density at radius 2 is 1.87 bits per heavy atom. The van der Waals surface area contributed by atoms with Crippen molar-refractivity contribution in [2.75, 3.05) is 44.8 Å². The van der Waals surface area contributed by atoms with Crippen molar-refractivity contribution in [1.82, 2.24) is 19.8 Å². The molecule has 282 valence electrons. The lowest BCUT2D eigenvalue weighted by Crippen LogP contribution is -2.59.